The molecule has 0 spiro atoms. The molecule has 0 radical (unpaired) electrons. The van der Waals surface area contributed by atoms with Crippen LogP contribution in [0.1, 0.15) is 63.0 Å². The number of ether oxygens (including phenoxy) is 1. The lowest BCUT2D eigenvalue weighted by Crippen LogP contribution is -2.49. The SMILES string of the molecule is CNC(=O)N[C@H]1CCS[C@H]1CCCCC(=O)NCCCCCNC(=O)CN1C(=O)[C@@H](N)[C@@H](c2ccccc2)Oc2ccccc21. The van der Waals surface area contributed by atoms with Crippen molar-refractivity contribution in [2.24, 2.45) is 5.73 Å². The molecule has 4 atom stereocenters. The standard InChI is InChI=1S/C33H46N6O5S/c1-35-33(43)38-24-18-21-45-27(24)16-8-9-17-28(40)36-19-10-3-11-20-37-29(41)22-39-25-14-6-7-15-26(25)44-31(30(34)32(39)42)23-12-4-2-5-13-23/h2,4-7,12-15,24,27,30-31H,3,8-11,16-22,34H2,1H3,(H,36,40)(H,37,41)(H2,35,38,43)/t24-,27-,30-,31+/m0/s1. The molecule has 2 aliphatic rings. The zero-order valence-corrected chi connectivity index (χ0v) is 26.8. The minimum absolute atomic E-state index is 0.0569. The Morgan fingerprint density at radius 2 is 1.64 bits per heavy atom. The second kappa shape index (κ2) is 17.6. The van der Waals surface area contributed by atoms with E-state index in [2.05, 4.69) is 21.3 Å². The first-order chi connectivity index (χ1) is 21.9. The first kappa shape index (κ1) is 34.1. The van der Waals surface area contributed by atoms with Crippen LogP contribution in [0.4, 0.5) is 10.5 Å². The normalized spacial score (nSPS) is 20.8. The number of urea groups is 1. The van der Waals surface area contributed by atoms with Crippen molar-refractivity contribution in [2.75, 3.05) is 37.3 Å². The number of carbonyl (C=O) groups excluding carboxylic acids is 4. The van der Waals surface area contributed by atoms with E-state index in [1.807, 2.05) is 48.2 Å². The lowest BCUT2D eigenvalue weighted by Gasteiger charge is -2.24. The number of benzene rings is 2. The fourth-order valence-electron chi connectivity index (χ4n) is 5.64. The van der Waals surface area contributed by atoms with Gasteiger partial charge >= 0.3 is 6.03 Å². The Balaban J connectivity index is 1.10. The molecular formula is C33H46N6O5S. The minimum Gasteiger partial charge on any atom is -0.481 e. The number of rotatable bonds is 15. The van der Waals surface area contributed by atoms with E-state index in [9.17, 15) is 19.2 Å². The van der Waals surface area contributed by atoms with E-state index in [4.69, 9.17) is 10.5 Å². The van der Waals surface area contributed by atoms with Gasteiger partial charge in [0.2, 0.25) is 17.7 Å². The van der Waals surface area contributed by atoms with E-state index < -0.39 is 12.1 Å². The van der Waals surface area contributed by atoms with Gasteiger partial charge in [0, 0.05) is 37.8 Å². The molecule has 0 aliphatic carbocycles. The molecule has 6 N–H and O–H groups in total. The number of para-hydroxylation sites is 2. The highest BCUT2D eigenvalue weighted by atomic mass is 32.2. The highest BCUT2D eigenvalue weighted by Crippen LogP contribution is 2.37. The Labute approximate surface area is 269 Å². The zero-order chi connectivity index (χ0) is 32.0. The summed E-state index contributed by atoms with van der Waals surface area (Å²) in [5, 5.41) is 11.9. The van der Waals surface area contributed by atoms with Crippen molar-refractivity contribution in [3.8, 4) is 5.75 Å². The summed E-state index contributed by atoms with van der Waals surface area (Å²) in [6.07, 6.45) is 6.02. The molecule has 2 aliphatic heterocycles. The number of amides is 5. The third kappa shape index (κ3) is 10.1. The summed E-state index contributed by atoms with van der Waals surface area (Å²) in [5.41, 5.74) is 7.69. The average molecular weight is 639 g/mol. The Hall–Kier alpha value is -3.77. The average Bonchev–Trinajstić information content (AvgIpc) is 3.46. The van der Waals surface area contributed by atoms with Crippen LogP contribution < -0.4 is 36.6 Å². The van der Waals surface area contributed by atoms with Crippen LogP contribution in [0.5, 0.6) is 5.75 Å². The van der Waals surface area contributed by atoms with Gasteiger partial charge < -0.3 is 31.7 Å². The lowest BCUT2D eigenvalue weighted by atomic mass is 10.0. The van der Waals surface area contributed by atoms with Gasteiger partial charge in [0.25, 0.3) is 0 Å². The van der Waals surface area contributed by atoms with Crippen LogP contribution in [0.3, 0.4) is 0 Å². The second-order valence-corrected chi connectivity index (χ2v) is 12.7. The van der Waals surface area contributed by atoms with Gasteiger partial charge in [-0.1, -0.05) is 48.9 Å². The van der Waals surface area contributed by atoms with Crippen molar-refractivity contribution in [3.05, 3.63) is 60.2 Å². The molecule has 0 saturated carbocycles. The number of unbranched alkanes of at least 4 members (excludes halogenated alkanes) is 3. The van der Waals surface area contributed by atoms with Gasteiger partial charge in [-0.2, -0.15) is 11.8 Å². The van der Waals surface area contributed by atoms with Crippen molar-refractivity contribution in [1.29, 1.82) is 0 Å². The molecule has 0 bridgehead atoms. The number of nitrogens with zero attached hydrogens (tertiary/aromatic N) is 1. The molecule has 1 saturated heterocycles. The Kier molecular flexibility index (Phi) is 13.4. The van der Waals surface area contributed by atoms with Crippen molar-refractivity contribution < 1.29 is 23.9 Å². The van der Waals surface area contributed by atoms with Gasteiger partial charge in [-0.3, -0.25) is 19.3 Å². The molecule has 5 amide bonds. The molecule has 45 heavy (non-hydrogen) atoms. The summed E-state index contributed by atoms with van der Waals surface area (Å²) in [7, 11) is 1.62. The van der Waals surface area contributed by atoms with Crippen LogP contribution in [0.15, 0.2) is 54.6 Å². The number of anilines is 1. The molecule has 11 nitrogen and oxygen atoms in total. The molecule has 2 aromatic carbocycles. The van der Waals surface area contributed by atoms with Gasteiger partial charge in [0.1, 0.15) is 24.4 Å². The summed E-state index contributed by atoms with van der Waals surface area (Å²) < 4.78 is 6.19. The van der Waals surface area contributed by atoms with Crippen molar-refractivity contribution in [1.82, 2.24) is 21.3 Å². The van der Waals surface area contributed by atoms with E-state index >= 15 is 0 Å². The van der Waals surface area contributed by atoms with Crippen LogP contribution in [0.2, 0.25) is 0 Å². The van der Waals surface area contributed by atoms with E-state index in [0.29, 0.717) is 36.2 Å². The monoisotopic (exact) mass is 638 g/mol. The lowest BCUT2D eigenvalue weighted by molar-refractivity contribution is -0.125. The van der Waals surface area contributed by atoms with Crippen LogP contribution >= 0.6 is 11.8 Å². The summed E-state index contributed by atoms with van der Waals surface area (Å²) in [4.78, 5) is 51.5. The van der Waals surface area contributed by atoms with Crippen LogP contribution in [0, 0.1) is 0 Å². The maximum absolute atomic E-state index is 13.4. The molecular weight excluding hydrogens is 592 g/mol. The predicted octanol–water partition coefficient (Wildman–Crippen LogP) is 3.25. The van der Waals surface area contributed by atoms with Crippen LogP contribution in [0.25, 0.3) is 0 Å². The largest absolute Gasteiger partial charge is 0.481 e. The van der Waals surface area contributed by atoms with E-state index in [1.165, 1.54) is 4.90 Å². The highest BCUT2D eigenvalue weighted by Gasteiger charge is 2.37. The van der Waals surface area contributed by atoms with Crippen molar-refractivity contribution >= 4 is 41.2 Å². The number of nitrogens with two attached hydrogens (primary N) is 1. The molecule has 244 valence electrons. The Morgan fingerprint density at radius 3 is 2.40 bits per heavy atom. The van der Waals surface area contributed by atoms with Crippen molar-refractivity contribution in [3.63, 3.8) is 0 Å². The Morgan fingerprint density at radius 1 is 0.933 bits per heavy atom. The molecule has 1 fully saturated rings. The molecule has 2 aromatic rings. The molecule has 12 heteroatoms. The first-order valence-corrected chi connectivity index (χ1v) is 16.9. The summed E-state index contributed by atoms with van der Waals surface area (Å²) >= 11 is 1.90. The van der Waals surface area contributed by atoms with E-state index in [1.54, 1.807) is 25.2 Å². The summed E-state index contributed by atoms with van der Waals surface area (Å²) in [6.45, 7) is 0.915. The number of thioether (sulfide) groups is 1. The fourth-order valence-corrected chi connectivity index (χ4v) is 7.10. The third-order valence-corrected chi connectivity index (χ3v) is 9.57. The Bertz CT molecular complexity index is 1280. The van der Waals surface area contributed by atoms with Crippen LogP contribution in [-0.4, -0.2) is 73.5 Å². The first-order valence-electron chi connectivity index (χ1n) is 15.9. The van der Waals surface area contributed by atoms with Gasteiger partial charge in [-0.05, 0) is 62.0 Å². The molecule has 0 aromatic heterocycles. The maximum atomic E-state index is 13.4. The van der Waals surface area contributed by atoms with Gasteiger partial charge in [-0.25, -0.2) is 4.79 Å². The fraction of sp³-hybridized carbons (Fsp3) is 0.515. The van der Waals surface area contributed by atoms with Crippen LogP contribution in [-0.2, 0) is 14.4 Å². The highest BCUT2D eigenvalue weighted by molar-refractivity contribution is 8.00. The molecule has 2 heterocycles. The quantitative estimate of drug-likeness (QED) is 0.188. The number of hydrogen-bond acceptors (Lipinski definition) is 7. The zero-order valence-electron chi connectivity index (χ0n) is 26.0. The van der Waals surface area contributed by atoms with Gasteiger partial charge in [-0.15, -0.1) is 0 Å². The third-order valence-electron chi connectivity index (χ3n) is 8.11. The summed E-state index contributed by atoms with van der Waals surface area (Å²) in [6, 6.07) is 15.6. The minimum atomic E-state index is -0.973. The number of hydrogen-bond donors (Lipinski definition) is 5. The predicted molar refractivity (Wildman–Crippen MR) is 177 cm³/mol. The number of carbonyl (C=O) groups is 4. The number of nitrogens with one attached hydrogen (secondary N) is 4. The smallest absolute Gasteiger partial charge is 0.314 e. The second-order valence-electron chi connectivity index (χ2n) is 11.4. The van der Waals surface area contributed by atoms with E-state index in [-0.39, 0.29) is 36.3 Å². The van der Waals surface area contributed by atoms with E-state index in [0.717, 1.165) is 56.3 Å². The van der Waals surface area contributed by atoms with Crippen molar-refractivity contribution in [2.45, 2.75) is 74.8 Å². The maximum Gasteiger partial charge on any atom is 0.314 e. The topological polar surface area (TPSA) is 155 Å². The van der Waals surface area contributed by atoms with Gasteiger partial charge in [0.15, 0.2) is 0 Å². The molecule has 0 unspecified atom stereocenters. The number of fused-ring (bicyclic) bond motifs is 1. The van der Waals surface area contributed by atoms with Gasteiger partial charge in [0.05, 0.1) is 5.69 Å². The molecule has 4 rings (SSSR count). The summed E-state index contributed by atoms with van der Waals surface area (Å²) in [5.74, 6) is 0.957.